The van der Waals surface area contributed by atoms with Crippen molar-refractivity contribution in [3.63, 3.8) is 0 Å². The molecule has 0 aromatic heterocycles. The van der Waals surface area contributed by atoms with E-state index in [9.17, 15) is 9.59 Å². The van der Waals surface area contributed by atoms with Gasteiger partial charge in [0.05, 0.1) is 5.69 Å². The summed E-state index contributed by atoms with van der Waals surface area (Å²) in [5.41, 5.74) is 1.32. The molecule has 1 atom stereocenters. The van der Waals surface area contributed by atoms with Gasteiger partial charge in [-0.25, -0.2) is 0 Å². The molecule has 1 aliphatic rings. The zero-order valence-corrected chi connectivity index (χ0v) is 11.6. The number of carbonyl (C=O) groups excluding carboxylic acids is 2. The first-order valence-electron chi connectivity index (χ1n) is 6.71. The summed E-state index contributed by atoms with van der Waals surface area (Å²) >= 11 is 0. The quantitative estimate of drug-likeness (QED) is 0.783. The molecule has 1 amide bonds. The van der Waals surface area contributed by atoms with Crippen molar-refractivity contribution in [3.05, 3.63) is 23.8 Å². The molecule has 2 rings (SSSR count). The van der Waals surface area contributed by atoms with E-state index in [2.05, 4.69) is 0 Å². The lowest BCUT2D eigenvalue weighted by Crippen LogP contribution is -2.46. The summed E-state index contributed by atoms with van der Waals surface area (Å²) in [6.07, 6.45) is 1.10. The molecule has 4 heteroatoms. The van der Waals surface area contributed by atoms with Gasteiger partial charge in [0.2, 0.25) is 0 Å². The molecule has 102 valence electrons. The molecule has 0 saturated carbocycles. The van der Waals surface area contributed by atoms with Crippen molar-refractivity contribution in [2.45, 2.75) is 39.7 Å². The summed E-state index contributed by atoms with van der Waals surface area (Å²) < 4.78 is 5.70. The third-order valence-electron chi connectivity index (χ3n) is 3.28. The molecular weight excluding hydrogens is 242 g/mol. The van der Waals surface area contributed by atoms with Crippen LogP contribution in [-0.2, 0) is 4.79 Å². The van der Waals surface area contributed by atoms with Gasteiger partial charge in [-0.1, -0.05) is 13.8 Å². The Balaban J connectivity index is 2.47. The fourth-order valence-electron chi connectivity index (χ4n) is 2.26. The minimum Gasteiger partial charge on any atom is -0.478 e. The first-order chi connectivity index (χ1) is 9.08. The van der Waals surface area contributed by atoms with Crippen LogP contribution in [0.1, 0.15) is 44.0 Å². The van der Waals surface area contributed by atoms with Gasteiger partial charge in [-0.15, -0.1) is 0 Å². The van der Waals surface area contributed by atoms with Gasteiger partial charge in [-0.3, -0.25) is 9.59 Å². The maximum atomic E-state index is 12.3. The SMILES string of the molecule is CCCN1C(=O)C(CC)Oc2ccc(C(C)=O)cc21. The predicted octanol–water partition coefficient (Wildman–Crippen LogP) is 2.80. The van der Waals surface area contributed by atoms with E-state index < -0.39 is 6.10 Å². The molecule has 1 heterocycles. The van der Waals surface area contributed by atoms with E-state index in [0.29, 0.717) is 30.0 Å². The highest BCUT2D eigenvalue weighted by Gasteiger charge is 2.32. The smallest absolute Gasteiger partial charge is 0.268 e. The third kappa shape index (κ3) is 2.48. The summed E-state index contributed by atoms with van der Waals surface area (Å²) in [6, 6.07) is 5.27. The van der Waals surface area contributed by atoms with Gasteiger partial charge in [0.25, 0.3) is 5.91 Å². The topological polar surface area (TPSA) is 46.6 Å². The Bertz CT molecular complexity index is 510. The fraction of sp³-hybridized carbons (Fsp3) is 0.467. The van der Waals surface area contributed by atoms with Crippen molar-refractivity contribution in [3.8, 4) is 5.75 Å². The van der Waals surface area contributed by atoms with E-state index in [4.69, 9.17) is 4.74 Å². The van der Waals surface area contributed by atoms with Crippen LogP contribution in [-0.4, -0.2) is 24.3 Å². The van der Waals surface area contributed by atoms with Gasteiger partial charge in [0, 0.05) is 12.1 Å². The molecule has 1 aromatic carbocycles. The number of hydrogen-bond donors (Lipinski definition) is 0. The lowest BCUT2D eigenvalue weighted by molar-refractivity contribution is -0.126. The molecule has 0 saturated heterocycles. The van der Waals surface area contributed by atoms with Crippen LogP contribution in [0.25, 0.3) is 0 Å². The van der Waals surface area contributed by atoms with Crippen LogP contribution < -0.4 is 9.64 Å². The van der Waals surface area contributed by atoms with E-state index in [1.165, 1.54) is 6.92 Å². The van der Waals surface area contributed by atoms with Crippen LogP contribution in [0.5, 0.6) is 5.75 Å². The van der Waals surface area contributed by atoms with E-state index in [-0.39, 0.29) is 11.7 Å². The van der Waals surface area contributed by atoms with Gasteiger partial charge in [0.15, 0.2) is 11.9 Å². The number of ether oxygens (including phenoxy) is 1. The summed E-state index contributed by atoms with van der Waals surface area (Å²) in [6.45, 7) is 6.12. The van der Waals surface area contributed by atoms with Crippen molar-refractivity contribution >= 4 is 17.4 Å². The third-order valence-corrected chi connectivity index (χ3v) is 3.28. The molecular formula is C15H19NO3. The molecule has 0 aliphatic carbocycles. The standard InChI is InChI=1S/C15H19NO3/c1-4-8-16-12-9-11(10(3)17)6-7-14(12)19-13(5-2)15(16)18/h6-7,9,13H,4-5,8H2,1-3H3. The van der Waals surface area contributed by atoms with Gasteiger partial charge < -0.3 is 9.64 Å². The zero-order valence-electron chi connectivity index (χ0n) is 11.6. The Kier molecular flexibility index (Phi) is 3.88. The molecule has 0 fully saturated rings. The summed E-state index contributed by atoms with van der Waals surface area (Å²) in [4.78, 5) is 25.5. The number of hydrogen-bond acceptors (Lipinski definition) is 3. The number of rotatable bonds is 4. The minimum atomic E-state index is -0.415. The second-order valence-corrected chi connectivity index (χ2v) is 4.74. The van der Waals surface area contributed by atoms with Crippen molar-refractivity contribution in [1.82, 2.24) is 0 Å². The molecule has 0 spiro atoms. The summed E-state index contributed by atoms with van der Waals surface area (Å²) in [5.74, 6) is 0.659. The highest BCUT2D eigenvalue weighted by atomic mass is 16.5. The molecule has 0 bridgehead atoms. The lowest BCUT2D eigenvalue weighted by atomic mass is 10.1. The number of ketones is 1. The molecule has 19 heavy (non-hydrogen) atoms. The molecule has 1 aliphatic heterocycles. The zero-order chi connectivity index (χ0) is 14.0. The number of Topliss-reactive ketones (excluding diaryl/α,β-unsaturated/α-hetero) is 1. The van der Waals surface area contributed by atoms with Crippen LogP contribution in [0.4, 0.5) is 5.69 Å². The van der Waals surface area contributed by atoms with Gasteiger partial charge in [0.1, 0.15) is 5.75 Å². The van der Waals surface area contributed by atoms with Crippen LogP contribution in [0.3, 0.4) is 0 Å². The highest BCUT2D eigenvalue weighted by molar-refractivity contribution is 6.02. The molecule has 1 unspecified atom stereocenters. The van der Waals surface area contributed by atoms with Crippen LogP contribution in [0.2, 0.25) is 0 Å². The Morgan fingerprint density at radius 1 is 1.37 bits per heavy atom. The van der Waals surface area contributed by atoms with Gasteiger partial charge >= 0.3 is 0 Å². The maximum Gasteiger partial charge on any atom is 0.268 e. The van der Waals surface area contributed by atoms with Crippen molar-refractivity contribution in [2.75, 3.05) is 11.4 Å². The molecule has 0 radical (unpaired) electrons. The Morgan fingerprint density at radius 2 is 2.11 bits per heavy atom. The minimum absolute atomic E-state index is 0.00990. The number of amides is 1. The number of carbonyl (C=O) groups is 2. The predicted molar refractivity (Wildman–Crippen MR) is 73.8 cm³/mol. The van der Waals surface area contributed by atoms with Crippen LogP contribution >= 0.6 is 0 Å². The van der Waals surface area contributed by atoms with E-state index >= 15 is 0 Å². The summed E-state index contributed by atoms with van der Waals surface area (Å²) in [7, 11) is 0. The molecule has 1 aromatic rings. The first-order valence-corrected chi connectivity index (χ1v) is 6.71. The average molecular weight is 261 g/mol. The first kappa shape index (κ1) is 13.6. The normalized spacial score (nSPS) is 17.9. The van der Waals surface area contributed by atoms with E-state index in [1.807, 2.05) is 13.8 Å². The van der Waals surface area contributed by atoms with Crippen LogP contribution in [0, 0.1) is 0 Å². The van der Waals surface area contributed by atoms with E-state index in [1.54, 1.807) is 23.1 Å². The van der Waals surface area contributed by atoms with Crippen molar-refractivity contribution in [1.29, 1.82) is 0 Å². The lowest BCUT2D eigenvalue weighted by Gasteiger charge is -2.34. The number of anilines is 1. The van der Waals surface area contributed by atoms with Gasteiger partial charge in [-0.2, -0.15) is 0 Å². The summed E-state index contributed by atoms with van der Waals surface area (Å²) in [5, 5.41) is 0. The number of benzene rings is 1. The van der Waals surface area contributed by atoms with Crippen LogP contribution in [0.15, 0.2) is 18.2 Å². The highest BCUT2D eigenvalue weighted by Crippen LogP contribution is 2.35. The monoisotopic (exact) mass is 261 g/mol. The second kappa shape index (κ2) is 5.43. The Labute approximate surface area is 113 Å². The Hall–Kier alpha value is -1.84. The maximum absolute atomic E-state index is 12.3. The Morgan fingerprint density at radius 3 is 2.68 bits per heavy atom. The van der Waals surface area contributed by atoms with Gasteiger partial charge in [-0.05, 0) is 38.0 Å². The molecule has 4 nitrogen and oxygen atoms in total. The largest absolute Gasteiger partial charge is 0.478 e. The van der Waals surface area contributed by atoms with Crippen molar-refractivity contribution in [2.24, 2.45) is 0 Å². The van der Waals surface area contributed by atoms with Crippen molar-refractivity contribution < 1.29 is 14.3 Å². The second-order valence-electron chi connectivity index (χ2n) is 4.74. The van der Waals surface area contributed by atoms with E-state index in [0.717, 1.165) is 6.42 Å². The average Bonchev–Trinajstić information content (AvgIpc) is 2.41. The fourth-order valence-corrected chi connectivity index (χ4v) is 2.26. The number of fused-ring (bicyclic) bond motifs is 1. The number of nitrogens with zero attached hydrogens (tertiary/aromatic N) is 1. The molecule has 0 N–H and O–H groups in total.